The lowest BCUT2D eigenvalue weighted by Gasteiger charge is -2.27. The normalized spacial score (nSPS) is 46.7. The summed E-state index contributed by atoms with van der Waals surface area (Å²) in [6.07, 6.45) is 3.37. The van der Waals surface area contributed by atoms with E-state index >= 15 is 0 Å². The standard InChI is InChI=1S/C10H12FN2O/c11-8-2-1-3-9-7(8)4-10(5-12,6-14)13-9/h7-9,13H,1-4H2. The van der Waals surface area contributed by atoms with Gasteiger partial charge in [-0.15, -0.1) is 0 Å². The minimum absolute atomic E-state index is 0.0140. The van der Waals surface area contributed by atoms with Gasteiger partial charge in [-0.05, 0) is 25.7 Å². The number of hydrogen-bond acceptors (Lipinski definition) is 3. The zero-order valence-electron chi connectivity index (χ0n) is 7.79. The molecule has 3 nitrogen and oxygen atoms in total. The number of alkyl halides is 1. The summed E-state index contributed by atoms with van der Waals surface area (Å²) >= 11 is 0. The Kier molecular flexibility index (Phi) is 2.28. The van der Waals surface area contributed by atoms with Crippen LogP contribution in [0.5, 0.6) is 0 Å². The van der Waals surface area contributed by atoms with E-state index in [-0.39, 0.29) is 18.4 Å². The van der Waals surface area contributed by atoms with Gasteiger partial charge in [-0.1, -0.05) is 0 Å². The van der Waals surface area contributed by atoms with Crippen LogP contribution in [0.15, 0.2) is 0 Å². The molecule has 2 aliphatic rings. The lowest BCUT2D eigenvalue weighted by atomic mass is 9.82. The van der Waals surface area contributed by atoms with E-state index in [2.05, 4.69) is 5.32 Å². The predicted octanol–water partition coefficient (Wildman–Crippen LogP) is 0.859. The predicted molar refractivity (Wildman–Crippen MR) is 47.8 cm³/mol. The summed E-state index contributed by atoms with van der Waals surface area (Å²) in [5, 5.41) is 11.8. The van der Waals surface area contributed by atoms with Gasteiger partial charge in [0.15, 0.2) is 5.54 Å². The molecule has 2 fully saturated rings. The summed E-state index contributed by atoms with van der Waals surface area (Å²) in [6, 6.07) is 1.89. The second-order valence-electron chi connectivity index (χ2n) is 4.18. The van der Waals surface area contributed by atoms with Gasteiger partial charge in [0.2, 0.25) is 6.29 Å². The van der Waals surface area contributed by atoms with Gasteiger partial charge >= 0.3 is 0 Å². The van der Waals surface area contributed by atoms with Crippen molar-refractivity contribution in [3.8, 4) is 6.07 Å². The fourth-order valence-electron chi connectivity index (χ4n) is 2.56. The molecule has 0 spiro atoms. The van der Waals surface area contributed by atoms with Crippen molar-refractivity contribution in [2.45, 2.75) is 43.4 Å². The Morgan fingerprint density at radius 1 is 1.50 bits per heavy atom. The van der Waals surface area contributed by atoms with Crippen LogP contribution < -0.4 is 5.32 Å². The molecule has 1 radical (unpaired) electrons. The van der Waals surface area contributed by atoms with Crippen LogP contribution in [-0.2, 0) is 4.79 Å². The third kappa shape index (κ3) is 1.32. The molecular weight excluding hydrogens is 183 g/mol. The van der Waals surface area contributed by atoms with Crippen molar-refractivity contribution in [1.29, 1.82) is 5.26 Å². The van der Waals surface area contributed by atoms with Crippen molar-refractivity contribution in [3.63, 3.8) is 0 Å². The SMILES string of the molecule is N#CC1([C]=O)CC2C(F)CCCC2N1. The molecule has 1 aliphatic carbocycles. The van der Waals surface area contributed by atoms with Crippen LogP contribution in [-0.4, -0.2) is 24.0 Å². The van der Waals surface area contributed by atoms with Crippen molar-refractivity contribution in [3.05, 3.63) is 0 Å². The molecule has 1 saturated heterocycles. The lowest BCUT2D eigenvalue weighted by Crippen LogP contribution is -2.44. The fourth-order valence-corrected chi connectivity index (χ4v) is 2.56. The summed E-state index contributed by atoms with van der Waals surface area (Å²) in [6.45, 7) is 0. The van der Waals surface area contributed by atoms with E-state index in [1.807, 2.05) is 6.07 Å². The molecule has 4 atom stereocenters. The second-order valence-corrected chi connectivity index (χ2v) is 4.18. The Morgan fingerprint density at radius 3 is 2.86 bits per heavy atom. The molecule has 4 heteroatoms. The van der Waals surface area contributed by atoms with E-state index in [1.54, 1.807) is 6.29 Å². The maximum atomic E-state index is 13.5. The Balaban J connectivity index is 2.18. The number of hydrogen-bond donors (Lipinski definition) is 1. The number of rotatable bonds is 1. The number of halogens is 1. The highest BCUT2D eigenvalue weighted by Gasteiger charge is 2.50. The lowest BCUT2D eigenvalue weighted by molar-refractivity contribution is 0.155. The number of nitriles is 1. The average molecular weight is 195 g/mol. The second kappa shape index (κ2) is 3.32. The molecule has 1 aliphatic heterocycles. The summed E-state index contributed by atoms with van der Waals surface area (Å²) in [5.74, 6) is -0.176. The van der Waals surface area contributed by atoms with Crippen LogP contribution in [0.3, 0.4) is 0 Å². The van der Waals surface area contributed by atoms with Crippen LogP contribution in [0.2, 0.25) is 0 Å². The molecule has 4 unspecified atom stereocenters. The van der Waals surface area contributed by atoms with Crippen molar-refractivity contribution in [2.24, 2.45) is 5.92 Å². The third-order valence-corrected chi connectivity index (χ3v) is 3.32. The van der Waals surface area contributed by atoms with E-state index < -0.39 is 11.7 Å². The summed E-state index contributed by atoms with van der Waals surface area (Å²) < 4.78 is 13.5. The van der Waals surface area contributed by atoms with Crippen LogP contribution in [0.25, 0.3) is 0 Å². The quantitative estimate of drug-likeness (QED) is 0.675. The highest BCUT2D eigenvalue weighted by Crippen LogP contribution is 2.38. The summed E-state index contributed by atoms with van der Waals surface area (Å²) in [4.78, 5) is 10.7. The molecule has 1 saturated carbocycles. The Morgan fingerprint density at radius 2 is 2.29 bits per heavy atom. The fraction of sp³-hybridized carbons (Fsp3) is 0.800. The van der Waals surface area contributed by atoms with Crippen LogP contribution >= 0.6 is 0 Å². The minimum Gasteiger partial charge on any atom is -0.290 e. The maximum absolute atomic E-state index is 13.5. The number of nitrogens with one attached hydrogen (secondary N) is 1. The van der Waals surface area contributed by atoms with Crippen LogP contribution in [0.4, 0.5) is 4.39 Å². The average Bonchev–Trinajstić information content (AvgIpc) is 2.59. The molecule has 75 valence electrons. The van der Waals surface area contributed by atoms with E-state index in [0.29, 0.717) is 6.42 Å². The molecule has 14 heavy (non-hydrogen) atoms. The van der Waals surface area contributed by atoms with Crippen LogP contribution in [0.1, 0.15) is 25.7 Å². The van der Waals surface area contributed by atoms with Crippen molar-refractivity contribution < 1.29 is 9.18 Å². The first-order valence-electron chi connectivity index (χ1n) is 4.93. The molecule has 1 heterocycles. The molecule has 0 bridgehead atoms. The van der Waals surface area contributed by atoms with Crippen molar-refractivity contribution >= 4 is 6.29 Å². The first-order valence-corrected chi connectivity index (χ1v) is 4.93. The number of carbonyl (C=O) groups excluding carboxylic acids is 1. The summed E-state index contributed by atoms with van der Waals surface area (Å²) in [7, 11) is 0. The Hall–Kier alpha value is -0.950. The minimum atomic E-state index is -1.25. The molecule has 0 aromatic heterocycles. The van der Waals surface area contributed by atoms with E-state index in [0.717, 1.165) is 12.8 Å². The van der Waals surface area contributed by atoms with Gasteiger partial charge in [0, 0.05) is 12.0 Å². The van der Waals surface area contributed by atoms with E-state index in [9.17, 15) is 9.18 Å². The van der Waals surface area contributed by atoms with Gasteiger partial charge in [-0.3, -0.25) is 10.1 Å². The van der Waals surface area contributed by atoms with Crippen LogP contribution in [0, 0.1) is 17.2 Å². The van der Waals surface area contributed by atoms with Gasteiger partial charge in [0.25, 0.3) is 0 Å². The summed E-state index contributed by atoms with van der Waals surface area (Å²) in [5.41, 5.74) is -1.25. The Bertz CT molecular complexity index is 288. The van der Waals surface area contributed by atoms with Gasteiger partial charge in [-0.2, -0.15) is 5.26 Å². The van der Waals surface area contributed by atoms with E-state index in [1.165, 1.54) is 0 Å². The molecule has 0 amide bonds. The van der Waals surface area contributed by atoms with Gasteiger partial charge in [0.05, 0.1) is 6.07 Å². The first-order chi connectivity index (χ1) is 6.71. The number of fused-ring (bicyclic) bond motifs is 1. The van der Waals surface area contributed by atoms with Gasteiger partial charge < -0.3 is 0 Å². The number of nitrogens with zero attached hydrogens (tertiary/aromatic N) is 1. The molecule has 0 aromatic carbocycles. The highest BCUT2D eigenvalue weighted by atomic mass is 19.1. The monoisotopic (exact) mass is 195 g/mol. The van der Waals surface area contributed by atoms with E-state index in [4.69, 9.17) is 5.26 Å². The Labute approximate surface area is 82.3 Å². The molecule has 0 aromatic rings. The zero-order chi connectivity index (χ0) is 10.2. The largest absolute Gasteiger partial charge is 0.290 e. The first kappa shape index (κ1) is 9.60. The smallest absolute Gasteiger partial charge is 0.235 e. The highest BCUT2D eigenvalue weighted by molar-refractivity contribution is 5.71. The zero-order valence-corrected chi connectivity index (χ0v) is 7.79. The van der Waals surface area contributed by atoms with Crippen molar-refractivity contribution in [2.75, 3.05) is 0 Å². The van der Waals surface area contributed by atoms with Crippen molar-refractivity contribution in [1.82, 2.24) is 5.32 Å². The third-order valence-electron chi connectivity index (χ3n) is 3.32. The van der Waals surface area contributed by atoms with Gasteiger partial charge in [0.1, 0.15) is 6.17 Å². The topological polar surface area (TPSA) is 52.9 Å². The molecule has 2 rings (SSSR count). The maximum Gasteiger partial charge on any atom is 0.235 e. The van der Waals surface area contributed by atoms with Gasteiger partial charge in [-0.25, -0.2) is 4.39 Å². The molecular formula is C10H12FN2O. The molecule has 1 N–H and O–H groups in total.